The van der Waals surface area contributed by atoms with Gasteiger partial charge in [0.1, 0.15) is 5.75 Å². The van der Waals surface area contributed by atoms with E-state index in [1.807, 2.05) is 50.2 Å². The summed E-state index contributed by atoms with van der Waals surface area (Å²) < 4.78 is 12.1. The molecule has 0 atom stereocenters. The van der Waals surface area contributed by atoms with Crippen molar-refractivity contribution in [2.75, 3.05) is 6.61 Å². The molecule has 1 aromatic carbocycles. The minimum atomic E-state index is 0.530. The van der Waals surface area contributed by atoms with E-state index in [1.165, 1.54) is 0 Å². The standard InChI is InChI=1S/C14H14BrNO2/c1-3-17-13-5-4-6-14(16-13)18-12-9-11(15)8-7-10(12)2/h4-9H,3H2,1-2H3. The van der Waals surface area contributed by atoms with Gasteiger partial charge in [-0.2, -0.15) is 4.98 Å². The van der Waals surface area contributed by atoms with Gasteiger partial charge in [0.15, 0.2) is 0 Å². The molecule has 1 aromatic heterocycles. The van der Waals surface area contributed by atoms with Crippen LogP contribution in [0.25, 0.3) is 0 Å². The monoisotopic (exact) mass is 307 g/mol. The quantitative estimate of drug-likeness (QED) is 0.842. The third-order valence-corrected chi connectivity index (χ3v) is 2.85. The van der Waals surface area contributed by atoms with Crippen LogP contribution in [0, 0.1) is 6.92 Å². The van der Waals surface area contributed by atoms with Crippen LogP contribution in [-0.4, -0.2) is 11.6 Å². The maximum atomic E-state index is 5.76. The summed E-state index contributed by atoms with van der Waals surface area (Å²) in [5, 5.41) is 0. The fraction of sp³-hybridized carbons (Fsp3) is 0.214. The first-order valence-electron chi connectivity index (χ1n) is 5.73. The minimum Gasteiger partial charge on any atom is -0.478 e. The summed E-state index contributed by atoms with van der Waals surface area (Å²) in [5.41, 5.74) is 1.06. The van der Waals surface area contributed by atoms with Gasteiger partial charge in [0, 0.05) is 16.6 Å². The number of halogens is 1. The Hall–Kier alpha value is -1.55. The van der Waals surface area contributed by atoms with Crippen molar-refractivity contribution in [2.24, 2.45) is 0 Å². The second-order valence-electron chi connectivity index (χ2n) is 3.76. The van der Waals surface area contributed by atoms with Gasteiger partial charge in [-0.25, -0.2) is 0 Å². The second-order valence-corrected chi connectivity index (χ2v) is 4.67. The van der Waals surface area contributed by atoms with Gasteiger partial charge in [0.05, 0.1) is 6.61 Å². The number of hydrogen-bond acceptors (Lipinski definition) is 3. The van der Waals surface area contributed by atoms with Crippen LogP contribution in [0.15, 0.2) is 40.9 Å². The summed E-state index contributed by atoms with van der Waals surface area (Å²) in [7, 11) is 0. The van der Waals surface area contributed by atoms with Crippen molar-refractivity contribution >= 4 is 15.9 Å². The molecule has 0 aliphatic carbocycles. The van der Waals surface area contributed by atoms with E-state index in [-0.39, 0.29) is 0 Å². The van der Waals surface area contributed by atoms with E-state index in [0.717, 1.165) is 15.8 Å². The van der Waals surface area contributed by atoms with Gasteiger partial charge in [-0.05, 0) is 31.5 Å². The maximum absolute atomic E-state index is 5.76. The molecule has 1 heterocycles. The highest BCUT2D eigenvalue weighted by Gasteiger charge is 2.04. The van der Waals surface area contributed by atoms with E-state index in [0.29, 0.717) is 18.4 Å². The highest BCUT2D eigenvalue weighted by molar-refractivity contribution is 9.10. The van der Waals surface area contributed by atoms with Crippen LogP contribution in [0.2, 0.25) is 0 Å². The van der Waals surface area contributed by atoms with E-state index >= 15 is 0 Å². The lowest BCUT2D eigenvalue weighted by molar-refractivity contribution is 0.321. The van der Waals surface area contributed by atoms with Gasteiger partial charge < -0.3 is 9.47 Å². The fourth-order valence-corrected chi connectivity index (χ4v) is 1.82. The van der Waals surface area contributed by atoms with Crippen molar-refractivity contribution in [1.82, 2.24) is 4.98 Å². The Bertz CT molecular complexity index is 543. The van der Waals surface area contributed by atoms with Crippen molar-refractivity contribution in [3.05, 3.63) is 46.4 Å². The molecule has 0 saturated carbocycles. The molecule has 2 aromatic rings. The number of pyridine rings is 1. The molecule has 4 heteroatoms. The molecule has 0 aliphatic heterocycles. The molecule has 3 nitrogen and oxygen atoms in total. The van der Waals surface area contributed by atoms with Crippen molar-refractivity contribution in [2.45, 2.75) is 13.8 Å². The Kier molecular flexibility index (Phi) is 4.20. The van der Waals surface area contributed by atoms with Crippen LogP contribution >= 0.6 is 15.9 Å². The number of ether oxygens (including phenoxy) is 2. The Balaban J connectivity index is 2.22. The lowest BCUT2D eigenvalue weighted by Crippen LogP contribution is -1.96. The summed E-state index contributed by atoms with van der Waals surface area (Å²) in [6.07, 6.45) is 0. The zero-order chi connectivity index (χ0) is 13.0. The first-order chi connectivity index (χ1) is 8.69. The first-order valence-corrected chi connectivity index (χ1v) is 6.52. The smallest absolute Gasteiger partial charge is 0.222 e. The van der Waals surface area contributed by atoms with Crippen LogP contribution in [0.3, 0.4) is 0 Å². The van der Waals surface area contributed by atoms with Crippen molar-refractivity contribution in [3.8, 4) is 17.5 Å². The Morgan fingerprint density at radius 3 is 2.72 bits per heavy atom. The van der Waals surface area contributed by atoms with Crippen molar-refractivity contribution in [1.29, 1.82) is 0 Å². The number of rotatable bonds is 4. The minimum absolute atomic E-state index is 0.530. The van der Waals surface area contributed by atoms with E-state index in [4.69, 9.17) is 9.47 Å². The normalized spacial score (nSPS) is 10.2. The number of nitrogens with zero attached hydrogens (tertiary/aromatic N) is 1. The van der Waals surface area contributed by atoms with Crippen molar-refractivity contribution in [3.63, 3.8) is 0 Å². The van der Waals surface area contributed by atoms with Gasteiger partial charge in [0.25, 0.3) is 0 Å². The van der Waals surface area contributed by atoms with E-state index in [1.54, 1.807) is 0 Å². The third kappa shape index (κ3) is 3.23. The number of benzene rings is 1. The first kappa shape index (κ1) is 12.9. The molecule has 0 N–H and O–H groups in total. The van der Waals surface area contributed by atoms with Gasteiger partial charge >= 0.3 is 0 Å². The van der Waals surface area contributed by atoms with Crippen LogP contribution < -0.4 is 9.47 Å². The molecule has 0 amide bonds. The molecule has 0 unspecified atom stereocenters. The lowest BCUT2D eigenvalue weighted by Gasteiger charge is -2.09. The summed E-state index contributed by atoms with van der Waals surface area (Å²) >= 11 is 3.42. The van der Waals surface area contributed by atoms with Gasteiger partial charge in [-0.15, -0.1) is 0 Å². The number of aryl methyl sites for hydroxylation is 1. The average molecular weight is 308 g/mol. The molecule has 2 rings (SSSR count). The zero-order valence-corrected chi connectivity index (χ0v) is 11.9. The summed E-state index contributed by atoms with van der Waals surface area (Å²) in [6, 6.07) is 11.4. The summed E-state index contributed by atoms with van der Waals surface area (Å²) in [5.74, 6) is 1.88. The topological polar surface area (TPSA) is 31.4 Å². The fourth-order valence-electron chi connectivity index (χ4n) is 1.48. The molecular formula is C14H14BrNO2. The highest BCUT2D eigenvalue weighted by atomic mass is 79.9. The Morgan fingerprint density at radius 2 is 1.94 bits per heavy atom. The molecule has 0 saturated heterocycles. The summed E-state index contributed by atoms with van der Waals surface area (Å²) in [6.45, 7) is 4.51. The number of aromatic nitrogens is 1. The SMILES string of the molecule is CCOc1cccc(Oc2cc(Br)ccc2C)n1. The van der Waals surface area contributed by atoms with Crippen LogP contribution in [0.5, 0.6) is 17.5 Å². The number of hydrogen-bond donors (Lipinski definition) is 0. The van der Waals surface area contributed by atoms with E-state index < -0.39 is 0 Å². The predicted octanol–water partition coefficient (Wildman–Crippen LogP) is 4.34. The molecule has 18 heavy (non-hydrogen) atoms. The average Bonchev–Trinajstić information content (AvgIpc) is 2.35. The van der Waals surface area contributed by atoms with Gasteiger partial charge in [0.2, 0.25) is 11.8 Å². The molecule has 94 valence electrons. The molecule has 0 bridgehead atoms. The predicted molar refractivity (Wildman–Crippen MR) is 74.4 cm³/mol. The van der Waals surface area contributed by atoms with Gasteiger partial charge in [-0.1, -0.05) is 28.1 Å². The van der Waals surface area contributed by atoms with Crippen LogP contribution in [0.4, 0.5) is 0 Å². The van der Waals surface area contributed by atoms with Crippen molar-refractivity contribution < 1.29 is 9.47 Å². The third-order valence-electron chi connectivity index (χ3n) is 2.35. The second kappa shape index (κ2) is 5.87. The zero-order valence-electron chi connectivity index (χ0n) is 10.3. The summed E-state index contributed by atoms with van der Waals surface area (Å²) in [4.78, 5) is 4.27. The lowest BCUT2D eigenvalue weighted by atomic mass is 10.2. The maximum Gasteiger partial charge on any atom is 0.222 e. The largest absolute Gasteiger partial charge is 0.478 e. The van der Waals surface area contributed by atoms with Crippen LogP contribution in [-0.2, 0) is 0 Å². The molecule has 0 spiro atoms. The van der Waals surface area contributed by atoms with Crippen LogP contribution in [0.1, 0.15) is 12.5 Å². The van der Waals surface area contributed by atoms with E-state index in [2.05, 4.69) is 20.9 Å². The molecule has 0 radical (unpaired) electrons. The Labute approximate surface area is 115 Å². The molecule has 0 fully saturated rings. The Morgan fingerprint density at radius 1 is 1.17 bits per heavy atom. The van der Waals surface area contributed by atoms with E-state index in [9.17, 15) is 0 Å². The highest BCUT2D eigenvalue weighted by Crippen LogP contribution is 2.27. The van der Waals surface area contributed by atoms with Gasteiger partial charge in [-0.3, -0.25) is 0 Å². The molecule has 0 aliphatic rings. The molecular weight excluding hydrogens is 294 g/mol.